The average molecular weight is 257 g/mol. The molecule has 100 valence electrons. The van der Waals surface area contributed by atoms with Crippen LogP contribution >= 0.6 is 0 Å². The maximum absolute atomic E-state index is 12.4. The van der Waals surface area contributed by atoms with Crippen LogP contribution in [0.2, 0.25) is 0 Å². The van der Waals surface area contributed by atoms with E-state index in [-0.39, 0.29) is 6.04 Å². The van der Waals surface area contributed by atoms with Gasteiger partial charge in [0.05, 0.1) is 5.56 Å². The van der Waals surface area contributed by atoms with Crippen molar-refractivity contribution in [2.45, 2.75) is 33.0 Å². The van der Waals surface area contributed by atoms with Gasteiger partial charge in [-0.1, -0.05) is 30.7 Å². The van der Waals surface area contributed by atoms with Crippen LogP contribution < -0.4 is 5.32 Å². The van der Waals surface area contributed by atoms with Gasteiger partial charge in [-0.25, -0.2) is 0 Å². The van der Waals surface area contributed by atoms with Crippen LogP contribution in [0.15, 0.2) is 29.8 Å². The van der Waals surface area contributed by atoms with Crippen LogP contribution in [0, 0.1) is 0 Å². The predicted molar refractivity (Wildman–Crippen MR) is 68.2 cm³/mol. The Morgan fingerprint density at radius 3 is 2.28 bits per heavy atom. The number of hydrogen-bond donors (Lipinski definition) is 1. The van der Waals surface area contributed by atoms with E-state index < -0.39 is 11.7 Å². The maximum Gasteiger partial charge on any atom is 0.416 e. The summed E-state index contributed by atoms with van der Waals surface area (Å²) in [5.74, 6) is 0. The number of likely N-dealkylation sites (N-methyl/N-ethyl adjacent to an activating group) is 1. The van der Waals surface area contributed by atoms with Crippen LogP contribution in [0.25, 0.3) is 6.08 Å². The summed E-state index contributed by atoms with van der Waals surface area (Å²) in [6, 6.07) is 5.42. The molecule has 0 aliphatic carbocycles. The molecule has 0 fully saturated rings. The molecule has 1 aromatic rings. The fourth-order valence-corrected chi connectivity index (χ4v) is 1.62. The highest BCUT2D eigenvalue weighted by Gasteiger charge is 2.29. The smallest absolute Gasteiger partial charge is 0.311 e. The van der Waals surface area contributed by atoms with Crippen LogP contribution in [0.1, 0.15) is 31.9 Å². The van der Waals surface area contributed by atoms with Gasteiger partial charge in [-0.05, 0) is 38.1 Å². The van der Waals surface area contributed by atoms with Crippen LogP contribution in [0.4, 0.5) is 13.2 Å². The number of rotatable bonds is 4. The first-order valence-corrected chi connectivity index (χ1v) is 5.93. The largest absolute Gasteiger partial charge is 0.416 e. The average Bonchev–Trinajstić information content (AvgIpc) is 2.28. The fourth-order valence-electron chi connectivity index (χ4n) is 1.62. The summed E-state index contributed by atoms with van der Waals surface area (Å²) in [4.78, 5) is 0. The van der Waals surface area contributed by atoms with E-state index in [0.29, 0.717) is 0 Å². The Labute approximate surface area is 106 Å². The second kappa shape index (κ2) is 6.05. The summed E-state index contributed by atoms with van der Waals surface area (Å²) in [7, 11) is 0. The van der Waals surface area contributed by atoms with E-state index >= 15 is 0 Å². The van der Waals surface area contributed by atoms with Crippen LogP contribution in [0.5, 0.6) is 0 Å². The molecule has 0 aliphatic heterocycles. The molecule has 0 spiro atoms. The van der Waals surface area contributed by atoms with E-state index in [1.54, 1.807) is 0 Å². The molecule has 1 rings (SSSR count). The Morgan fingerprint density at radius 2 is 1.83 bits per heavy atom. The zero-order chi connectivity index (χ0) is 13.8. The zero-order valence-corrected chi connectivity index (χ0v) is 10.8. The maximum atomic E-state index is 12.4. The fraction of sp³-hybridized carbons (Fsp3) is 0.429. The first-order chi connectivity index (χ1) is 8.34. The molecule has 18 heavy (non-hydrogen) atoms. The highest BCUT2D eigenvalue weighted by atomic mass is 19.4. The number of alkyl halides is 3. The molecule has 0 radical (unpaired) electrons. The lowest BCUT2D eigenvalue weighted by molar-refractivity contribution is -0.137. The lowest BCUT2D eigenvalue weighted by atomic mass is 10.1. The Bertz CT molecular complexity index is 404. The van der Waals surface area contributed by atoms with Crippen molar-refractivity contribution in [1.82, 2.24) is 5.32 Å². The van der Waals surface area contributed by atoms with Gasteiger partial charge in [0.25, 0.3) is 0 Å². The van der Waals surface area contributed by atoms with Crippen molar-refractivity contribution in [1.29, 1.82) is 0 Å². The molecule has 1 aromatic carbocycles. The molecule has 0 amide bonds. The van der Waals surface area contributed by atoms with Gasteiger partial charge in [0, 0.05) is 6.04 Å². The third kappa shape index (κ3) is 4.18. The molecular formula is C14H18F3N. The molecule has 1 nitrogen and oxygen atoms in total. The highest BCUT2D eigenvalue weighted by molar-refractivity contribution is 5.54. The normalized spacial score (nSPS) is 14.7. The second-order valence-corrected chi connectivity index (χ2v) is 4.29. The molecule has 0 heterocycles. The SMILES string of the molecule is CCNC(C)/C(C)=C/c1ccc(C(F)(F)F)cc1. The Hall–Kier alpha value is -1.29. The summed E-state index contributed by atoms with van der Waals surface area (Å²) in [5.41, 5.74) is 1.26. The van der Waals surface area contributed by atoms with Crippen molar-refractivity contribution < 1.29 is 13.2 Å². The molecule has 1 N–H and O–H groups in total. The zero-order valence-electron chi connectivity index (χ0n) is 10.8. The van der Waals surface area contributed by atoms with Gasteiger partial charge in [-0.3, -0.25) is 0 Å². The second-order valence-electron chi connectivity index (χ2n) is 4.29. The van der Waals surface area contributed by atoms with E-state index in [1.807, 2.05) is 26.8 Å². The van der Waals surface area contributed by atoms with Gasteiger partial charge < -0.3 is 5.32 Å². The standard InChI is InChI=1S/C14H18F3N/c1-4-18-11(3)10(2)9-12-5-7-13(8-6-12)14(15,16)17/h5-9,11,18H,4H2,1-3H3/b10-9+. The van der Waals surface area contributed by atoms with Gasteiger partial charge >= 0.3 is 6.18 Å². The lowest BCUT2D eigenvalue weighted by Gasteiger charge is -2.13. The van der Waals surface area contributed by atoms with E-state index in [0.717, 1.165) is 29.8 Å². The number of benzene rings is 1. The number of nitrogens with one attached hydrogen (secondary N) is 1. The third-order valence-corrected chi connectivity index (χ3v) is 2.83. The molecule has 1 atom stereocenters. The van der Waals surface area contributed by atoms with E-state index in [2.05, 4.69) is 5.32 Å². The molecule has 0 aliphatic rings. The lowest BCUT2D eigenvalue weighted by Crippen LogP contribution is -2.26. The Kier molecular flexibility index (Phi) is 4.96. The summed E-state index contributed by atoms with van der Waals surface area (Å²) >= 11 is 0. The van der Waals surface area contributed by atoms with Gasteiger partial charge in [-0.2, -0.15) is 13.2 Å². The summed E-state index contributed by atoms with van der Waals surface area (Å²) in [6.45, 7) is 6.87. The van der Waals surface area contributed by atoms with Gasteiger partial charge in [0.15, 0.2) is 0 Å². The van der Waals surface area contributed by atoms with Crippen LogP contribution in [-0.4, -0.2) is 12.6 Å². The van der Waals surface area contributed by atoms with E-state index in [9.17, 15) is 13.2 Å². The Morgan fingerprint density at radius 1 is 1.28 bits per heavy atom. The molecule has 1 unspecified atom stereocenters. The van der Waals surface area contributed by atoms with Crippen molar-refractivity contribution in [2.24, 2.45) is 0 Å². The van der Waals surface area contributed by atoms with Crippen LogP contribution in [-0.2, 0) is 6.18 Å². The number of hydrogen-bond acceptors (Lipinski definition) is 1. The third-order valence-electron chi connectivity index (χ3n) is 2.83. The molecule has 0 aromatic heterocycles. The first-order valence-electron chi connectivity index (χ1n) is 5.93. The summed E-state index contributed by atoms with van der Waals surface area (Å²) < 4.78 is 37.2. The Balaban J connectivity index is 2.83. The van der Waals surface area contributed by atoms with Crippen molar-refractivity contribution >= 4 is 6.08 Å². The molecule has 0 saturated carbocycles. The van der Waals surface area contributed by atoms with Gasteiger partial charge in [0.1, 0.15) is 0 Å². The molecular weight excluding hydrogens is 239 g/mol. The van der Waals surface area contributed by atoms with E-state index in [1.165, 1.54) is 12.1 Å². The first kappa shape index (κ1) is 14.8. The van der Waals surface area contributed by atoms with E-state index in [4.69, 9.17) is 0 Å². The quantitative estimate of drug-likeness (QED) is 0.856. The molecule has 0 saturated heterocycles. The minimum Gasteiger partial charge on any atom is -0.311 e. The minimum atomic E-state index is -4.27. The highest BCUT2D eigenvalue weighted by Crippen LogP contribution is 2.29. The summed E-state index contributed by atoms with van der Waals surface area (Å²) in [6.07, 6.45) is -2.37. The van der Waals surface area contributed by atoms with Crippen LogP contribution in [0.3, 0.4) is 0 Å². The van der Waals surface area contributed by atoms with Gasteiger partial charge in [0.2, 0.25) is 0 Å². The number of halogens is 3. The molecule has 4 heteroatoms. The summed E-state index contributed by atoms with van der Waals surface area (Å²) in [5, 5.41) is 3.25. The van der Waals surface area contributed by atoms with Crippen molar-refractivity contribution in [3.8, 4) is 0 Å². The van der Waals surface area contributed by atoms with Crippen molar-refractivity contribution in [2.75, 3.05) is 6.54 Å². The van der Waals surface area contributed by atoms with Crippen molar-refractivity contribution in [3.05, 3.63) is 41.0 Å². The minimum absolute atomic E-state index is 0.220. The topological polar surface area (TPSA) is 12.0 Å². The predicted octanol–water partition coefficient (Wildman–Crippen LogP) is 4.11. The molecule has 0 bridgehead atoms. The monoisotopic (exact) mass is 257 g/mol. The van der Waals surface area contributed by atoms with Crippen molar-refractivity contribution in [3.63, 3.8) is 0 Å². The van der Waals surface area contributed by atoms with Gasteiger partial charge in [-0.15, -0.1) is 0 Å².